The quantitative estimate of drug-likeness (QED) is 0.671. The van der Waals surface area contributed by atoms with Crippen molar-refractivity contribution < 1.29 is 31.8 Å². The lowest BCUT2D eigenvalue weighted by Crippen LogP contribution is -2.23. The molecule has 0 aliphatic heterocycles. The first-order valence-corrected chi connectivity index (χ1v) is 4.90. The van der Waals surface area contributed by atoms with Gasteiger partial charge in [-0.3, -0.25) is 9.59 Å². The number of halogens is 4. The van der Waals surface area contributed by atoms with Crippen molar-refractivity contribution >= 4 is 5.97 Å². The molecule has 0 saturated carbocycles. The van der Waals surface area contributed by atoms with Crippen LogP contribution in [0.2, 0.25) is 0 Å². The smallest absolute Gasteiger partial charge is 0.469 e. The summed E-state index contributed by atoms with van der Waals surface area (Å²) in [5.41, 5.74) is -1.71. The lowest BCUT2D eigenvalue weighted by atomic mass is 10.1. The number of ether oxygens (including phenoxy) is 2. The summed E-state index contributed by atoms with van der Waals surface area (Å²) in [7, 11) is 1.06. The van der Waals surface area contributed by atoms with E-state index in [2.05, 4.69) is 9.47 Å². The van der Waals surface area contributed by atoms with Crippen LogP contribution in [0.15, 0.2) is 10.9 Å². The second-order valence-electron chi connectivity index (χ2n) is 3.39. The molecular weight excluding hydrogens is 274 g/mol. The van der Waals surface area contributed by atoms with E-state index in [9.17, 15) is 27.2 Å². The molecule has 0 atom stereocenters. The Morgan fingerprint density at radius 2 is 2.05 bits per heavy atom. The number of aromatic amines is 1. The normalized spacial score (nSPS) is 11.2. The number of methoxy groups -OCH3 is 1. The van der Waals surface area contributed by atoms with E-state index in [4.69, 9.17) is 0 Å². The Hall–Kier alpha value is -2.06. The predicted molar refractivity (Wildman–Crippen MR) is 54.3 cm³/mol. The first-order valence-electron chi connectivity index (χ1n) is 4.90. The fourth-order valence-electron chi connectivity index (χ4n) is 1.32. The maximum Gasteiger partial charge on any atom is 0.574 e. The van der Waals surface area contributed by atoms with Crippen molar-refractivity contribution in [3.05, 3.63) is 27.5 Å². The fraction of sp³-hybridized carbons (Fsp3) is 0.400. The third kappa shape index (κ3) is 4.27. The van der Waals surface area contributed by atoms with Gasteiger partial charge in [0, 0.05) is 11.6 Å². The van der Waals surface area contributed by atoms with Crippen LogP contribution in [0.25, 0.3) is 0 Å². The molecule has 1 aromatic heterocycles. The lowest BCUT2D eigenvalue weighted by molar-refractivity contribution is -0.276. The maximum atomic E-state index is 12.7. The van der Waals surface area contributed by atoms with E-state index < -0.39 is 42.4 Å². The lowest BCUT2D eigenvalue weighted by Gasteiger charge is -2.11. The summed E-state index contributed by atoms with van der Waals surface area (Å²) >= 11 is 0. The van der Waals surface area contributed by atoms with Crippen LogP contribution in [0.3, 0.4) is 0 Å². The standard InChI is InChI=1S/C10H9F4NO4/c1-18-9(17)2-5-6(4-11)15-8(3-7(5)16)19-10(12,13)14/h3H,2,4H2,1H3,(H,15,16). The van der Waals surface area contributed by atoms with Gasteiger partial charge in [-0.25, -0.2) is 4.39 Å². The second kappa shape index (κ2) is 5.72. The monoisotopic (exact) mass is 283 g/mol. The molecule has 0 saturated heterocycles. The van der Waals surface area contributed by atoms with Crippen LogP contribution in [0.1, 0.15) is 11.3 Å². The second-order valence-corrected chi connectivity index (χ2v) is 3.39. The summed E-state index contributed by atoms with van der Waals surface area (Å²) in [5.74, 6) is -1.76. The highest BCUT2D eigenvalue weighted by atomic mass is 19.4. The van der Waals surface area contributed by atoms with Crippen LogP contribution in [-0.2, 0) is 22.6 Å². The van der Waals surface area contributed by atoms with Gasteiger partial charge in [-0.1, -0.05) is 0 Å². The Balaban J connectivity index is 3.15. The number of carbonyl (C=O) groups is 1. The van der Waals surface area contributed by atoms with Crippen molar-refractivity contribution in [1.29, 1.82) is 0 Å². The molecule has 0 fully saturated rings. The van der Waals surface area contributed by atoms with Gasteiger partial charge in [0.1, 0.15) is 6.67 Å². The van der Waals surface area contributed by atoms with Gasteiger partial charge in [-0.2, -0.15) is 0 Å². The van der Waals surface area contributed by atoms with Crippen LogP contribution in [0.4, 0.5) is 17.6 Å². The molecule has 9 heteroatoms. The van der Waals surface area contributed by atoms with Gasteiger partial charge >= 0.3 is 12.3 Å². The number of carbonyl (C=O) groups excluding carboxylic acids is 1. The molecule has 0 unspecified atom stereocenters. The molecule has 106 valence electrons. The molecule has 0 aliphatic carbocycles. The number of nitrogens with one attached hydrogen (secondary N) is 1. The van der Waals surface area contributed by atoms with Crippen LogP contribution in [0, 0.1) is 0 Å². The fourth-order valence-corrected chi connectivity index (χ4v) is 1.32. The first kappa shape index (κ1) is 15.0. The minimum atomic E-state index is -5.01. The highest BCUT2D eigenvalue weighted by molar-refractivity contribution is 5.72. The summed E-state index contributed by atoms with van der Waals surface area (Å²) in [6.45, 7) is -1.25. The molecule has 1 rings (SSSR count). The molecule has 19 heavy (non-hydrogen) atoms. The summed E-state index contributed by atoms with van der Waals surface area (Å²) in [5, 5.41) is 0. The van der Waals surface area contributed by atoms with Gasteiger partial charge in [0.05, 0.1) is 19.2 Å². The number of aromatic nitrogens is 1. The summed E-state index contributed by atoms with van der Waals surface area (Å²) in [6.07, 6.45) is -5.56. The van der Waals surface area contributed by atoms with Crippen molar-refractivity contribution in [2.75, 3.05) is 7.11 Å². The van der Waals surface area contributed by atoms with E-state index in [0.29, 0.717) is 6.07 Å². The van der Waals surface area contributed by atoms with Gasteiger partial charge < -0.3 is 14.5 Å². The third-order valence-electron chi connectivity index (χ3n) is 2.11. The zero-order valence-corrected chi connectivity index (χ0v) is 9.64. The topological polar surface area (TPSA) is 68.4 Å². The molecule has 0 aliphatic rings. The van der Waals surface area contributed by atoms with E-state index in [1.54, 1.807) is 0 Å². The third-order valence-corrected chi connectivity index (χ3v) is 2.11. The van der Waals surface area contributed by atoms with Crippen LogP contribution in [0.5, 0.6) is 5.88 Å². The Morgan fingerprint density at radius 1 is 1.42 bits per heavy atom. The molecule has 0 bridgehead atoms. The molecular formula is C10H9F4NO4. The summed E-state index contributed by atoms with van der Waals surface area (Å²) in [6, 6.07) is 0.491. The van der Waals surface area contributed by atoms with Crippen molar-refractivity contribution in [1.82, 2.24) is 4.98 Å². The van der Waals surface area contributed by atoms with Crippen LogP contribution < -0.4 is 10.2 Å². The number of hydrogen-bond acceptors (Lipinski definition) is 4. The Labute approximate surface area is 104 Å². The van der Waals surface area contributed by atoms with Crippen molar-refractivity contribution in [3.8, 4) is 5.88 Å². The highest BCUT2D eigenvalue weighted by Gasteiger charge is 2.32. The minimum absolute atomic E-state index is 0.302. The number of esters is 1. The van der Waals surface area contributed by atoms with Crippen molar-refractivity contribution in [3.63, 3.8) is 0 Å². The van der Waals surface area contributed by atoms with Crippen molar-refractivity contribution in [2.24, 2.45) is 0 Å². The molecule has 0 radical (unpaired) electrons. The zero-order valence-electron chi connectivity index (χ0n) is 9.64. The van der Waals surface area contributed by atoms with Gasteiger partial charge in [0.2, 0.25) is 5.88 Å². The average molecular weight is 283 g/mol. The zero-order chi connectivity index (χ0) is 14.6. The maximum absolute atomic E-state index is 12.7. The molecule has 0 amide bonds. The van der Waals surface area contributed by atoms with E-state index in [1.165, 1.54) is 0 Å². The Bertz CT molecular complexity index is 523. The molecule has 0 aromatic carbocycles. The van der Waals surface area contributed by atoms with E-state index in [0.717, 1.165) is 7.11 Å². The van der Waals surface area contributed by atoms with Crippen LogP contribution >= 0.6 is 0 Å². The van der Waals surface area contributed by atoms with Crippen LogP contribution in [-0.4, -0.2) is 24.4 Å². The average Bonchev–Trinajstić information content (AvgIpc) is 2.29. The SMILES string of the molecule is COC(=O)Cc1c(CF)[nH]c(OC(F)(F)F)cc1=O. The van der Waals surface area contributed by atoms with Gasteiger partial charge in [0.15, 0.2) is 5.43 Å². The van der Waals surface area contributed by atoms with E-state index >= 15 is 0 Å². The van der Waals surface area contributed by atoms with Gasteiger partial charge in [-0.15, -0.1) is 13.2 Å². The summed E-state index contributed by atoms with van der Waals surface area (Å²) in [4.78, 5) is 24.5. The molecule has 0 spiro atoms. The molecule has 1 N–H and O–H groups in total. The number of hydrogen-bond donors (Lipinski definition) is 1. The number of rotatable bonds is 4. The van der Waals surface area contributed by atoms with Gasteiger partial charge in [0.25, 0.3) is 0 Å². The van der Waals surface area contributed by atoms with E-state index in [1.807, 2.05) is 4.98 Å². The first-order chi connectivity index (χ1) is 8.76. The minimum Gasteiger partial charge on any atom is -0.469 e. The number of pyridine rings is 1. The Morgan fingerprint density at radius 3 is 2.53 bits per heavy atom. The molecule has 1 aromatic rings. The molecule has 5 nitrogen and oxygen atoms in total. The number of H-pyrrole nitrogens is 1. The predicted octanol–water partition coefficient (Wildman–Crippen LogP) is 1.46. The highest BCUT2D eigenvalue weighted by Crippen LogP contribution is 2.21. The summed E-state index contributed by atoms with van der Waals surface area (Å²) < 4.78 is 56.3. The van der Waals surface area contributed by atoms with Crippen molar-refractivity contribution in [2.45, 2.75) is 19.5 Å². The largest absolute Gasteiger partial charge is 0.574 e. The Kier molecular flexibility index (Phi) is 4.52. The van der Waals surface area contributed by atoms with E-state index in [-0.39, 0.29) is 5.56 Å². The molecule has 1 heterocycles. The number of alkyl halides is 4. The van der Waals surface area contributed by atoms with Gasteiger partial charge in [-0.05, 0) is 0 Å².